The number of nitrogens with zero attached hydrogens (tertiary/aromatic N) is 5. The van der Waals surface area contributed by atoms with E-state index in [-0.39, 0.29) is 22.5 Å². The summed E-state index contributed by atoms with van der Waals surface area (Å²) in [5.74, 6) is -0.329. The standard InChI is InChI=1S/C18H14FN5O3/c1-22-16-7-6-11(8-13(16)17(25)24(27)18(22)26)15-10-23(21-20-15)9-12-4-2-3-5-14(12)19/h2-8,10,27H,9H2,1H3. The second-order valence-electron chi connectivity index (χ2n) is 6.08. The monoisotopic (exact) mass is 367 g/mol. The van der Waals surface area contributed by atoms with Gasteiger partial charge in [0.1, 0.15) is 11.5 Å². The van der Waals surface area contributed by atoms with Crippen LogP contribution in [-0.4, -0.2) is 29.5 Å². The van der Waals surface area contributed by atoms with Crippen molar-refractivity contribution in [1.29, 1.82) is 0 Å². The highest BCUT2D eigenvalue weighted by Crippen LogP contribution is 2.20. The lowest BCUT2D eigenvalue weighted by atomic mass is 10.1. The fourth-order valence-electron chi connectivity index (χ4n) is 2.91. The van der Waals surface area contributed by atoms with Gasteiger partial charge in [0, 0.05) is 18.2 Å². The molecule has 136 valence electrons. The molecule has 2 heterocycles. The Morgan fingerprint density at radius 2 is 1.93 bits per heavy atom. The summed E-state index contributed by atoms with van der Waals surface area (Å²) in [7, 11) is 1.46. The minimum absolute atomic E-state index is 0.0706. The molecule has 8 nitrogen and oxygen atoms in total. The molecule has 0 atom stereocenters. The van der Waals surface area contributed by atoms with Crippen molar-refractivity contribution >= 4 is 10.9 Å². The molecular formula is C18H14FN5O3. The number of hydrogen-bond donors (Lipinski definition) is 1. The van der Waals surface area contributed by atoms with Crippen LogP contribution in [-0.2, 0) is 13.6 Å². The summed E-state index contributed by atoms with van der Waals surface area (Å²) in [5.41, 5.74) is 0.289. The maximum absolute atomic E-state index is 13.8. The van der Waals surface area contributed by atoms with Gasteiger partial charge in [-0.3, -0.25) is 9.36 Å². The summed E-state index contributed by atoms with van der Waals surface area (Å²) in [6.07, 6.45) is 1.63. The van der Waals surface area contributed by atoms with Crippen LogP contribution >= 0.6 is 0 Å². The van der Waals surface area contributed by atoms with Gasteiger partial charge in [-0.1, -0.05) is 34.2 Å². The number of aromatic nitrogens is 5. The molecule has 0 radical (unpaired) electrons. The van der Waals surface area contributed by atoms with Crippen LogP contribution in [0.25, 0.3) is 22.2 Å². The van der Waals surface area contributed by atoms with Crippen LogP contribution < -0.4 is 11.2 Å². The Hall–Kier alpha value is -3.75. The summed E-state index contributed by atoms with van der Waals surface area (Å²) in [6.45, 7) is 0.213. The zero-order chi connectivity index (χ0) is 19.1. The van der Waals surface area contributed by atoms with Crippen molar-refractivity contribution in [3.8, 4) is 11.3 Å². The third-order valence-electron chi connectivity index (χ3n) is 4.37. The summed E-state index contributed by atoms with van der Waals surface area (Å²) in [4.78, 5) is 24.0. The molecular weight excluding hydrogens is 353 g/mol. The number of benzene rings is 2. The zero-order valence-electron chi connectivity index (χ0n) is 14.2. The van der Waals surface area contributed by atoms with Crippen LogP contribution in [0.1, 0.15) is 5.56 Å². The second-order valence-corrected chi connectivity index (χ2v) is 6.08. The predicted octanol–water partition coefficient (Wildman–Crippen LogP) is 1.38. The van der Waals surface area contributed by atoms with Gasteiger partial charge in [-0.05, 0) is 18.2 Å². The van der Waals surface area contributed by atoms with Crippen molar-refractivity contribution in [2.75, 3.05) is 0 Å². The van der Waals surface area contributed by atoms with E-state index in [1.54, 1.807) is 36.5 Å². The first kappa shape index (κ1) is 16.7. The van der Waals surface area contributed by atoms with Crippen LogP contribution in [0.2, 0.25) is 0 Å². The van der Waals surface area contributed by atoms with Gasteiger partial charge >= 0.3 is 5.69 Å². The molecule has 4 aromatic rings. The summed E-state index contributed by atoms with van der Waals surface area (Å²) >= 11 is 0. The molecule has 0 aliphatic carbocycles. The molecule has 0 saturated heterocycles. The first-order chi connectivity index (χ1) is 13.0. The Kier molecular flexibility index (Phi) is 3.84. The van der Waals surface area contributed by atoms with E-state index in [0.29, 0.717) is 22.3 Å². The third kappa shape index (κ3) is 2.78. The molecule has 0 fully saturated rings. The summed E-state index contributed by atoms with van der Waals surface area (Å²) < 4.78 is 16.5. The first-order valence-electron chi connectivity index (χ1n) is 8.04. The third-order valence-corrected chi connectivity index (χ3v) is 4.37. The Balaban J connectivity index is 1.76. The molecule has 0 aliphatic heterocycles. The van der Waals surface area contributed by atoms with Gasteiger partial charge in [-0.25, -0.2) is 13.9 Å². The Morgan fingerprint density at radius 1 is 1.15 bits per heavy atom. The van der Waals surface area contributed by atoms with E-state index in [1.165, 1.54) is 28.4 Å². The molecule has 0 aliphatic rings. The fourth-order valence-corrected chi connectivity index (χ4v) is 2.91. The van der Waals surface area contributed by atoms with Crippen molar-refractivity contribution in [2.24, 2.45) is 7.05 Å². The van der Waals surface area contributed by atoms with E-state index in [9.17, 15) is 19.2 Å². The summed E-state index contributed by atoms with van der Waals surface area (Å²) in [6, 6.07) is 11.2. The van der Waals surface area contributed by atoms with Crippen LogP contribution in [0, 0.1) is 5.82 Å². The minimum atomic E-state index is -0.823. The lowest BCUT2D eigenvalue weighted by Crippen LogP contribution is -2.37. The van der Waals surface area contributed by atoms with E-state index in [0.717, 1.165) is 0 Å². The van der Waals surface area contributed by atoms with E-state index in [2.05, 4.69) is 10.3 Å². The van der Waals surface area contributed by atoms with Crippen LogP contribution in [0.15, 0.2) is 58.3 Å². The average Bonchev–Trinajstić information content (AvgIpc) is 3.14. The SMILES string of the molecule is Cn1c(=O)n(O)c(=O)c2cc(-c3cn(Cc4ccccc4F)nn3)ccc21. The van der Waals surface area contributed by atoms with Gasteiger partial charge in [0.05, 0.1) is 23.6 Å². The highest BCUT2D eigenvalue weighted by atomic mass is 19.1. The number of fused-ring (bicyclic) bond motifs is 1. The van der Waals surface area contributed by atoms with Gasteiger partial charge in [0.25, 0.3) is 5.56 Å². The topological polar surface area (TPSA) is 94.9 Å². The molecule has 1 N–H and O–H groups in total. The lowest BCUT2D eigenvalue weighted by Gasteiger charge is -2.07. The van der Waals surface area contributed by atoms with Crippen molar-refractivity contribution in [3.63, 3.8) is 0 Å². The Bertz CT molecular complexity index is 1290. The van der Waals surface area contributed by atoms with E-state index in [1.807, 2.05) is 0 Å². The Morgan fingerprint density at radius 3 is 2.70 bits per heavy atom. The van der Waals surface area contributed by atoms with E-state index in [4.69, 9.17) is 0 Å². The smallest absolute Gasteiger partial charge is 0.364 e. The number of halogens is 1. The molecule has 0 spiro atoms. The predicted molar refractivity (Wildman–Crippen MR) is 95.2 cm³/mol. The van der Waals surface area contributed by atoms with Gasteiger partial charge in [0.15, 0.2) is 0 Å². The molecule has 0 amide bonds. The quantitative estimate of drug-likeness (QED) is 0.552. The molecule has 2 aromatic heterocycles. The largest absolute Gasteiger partial charge is 0.421 e. The summed E-state index contributed by atoms with van der Waals surface area (Å²) in [5, 5.41) is 17.9. The zero-order valence-corrected chi connectivity index (χ0v) is 14.2. The highest BCUT2D eigenvalue weighted by molar-refractivity contribution is 5.83. The number of hydrogen-bond acceptors (Lipinski definition) is 5. The Labute approximate surface area is 151 Å². The van der Waals surface area contributed by atoms with Crippen molar-refractivity contribution in [1.82, 2.24) is 24.3 Å². The molecule has 0 unspecified atom stereocenters. The van der Waals surface area contributed by atoms with Crippen molar-refractivity contribution in [3.05, 3.63) is 80.9 Å². The average molecular weight is 367 g/mol. The van der Waals surface area contributed by atoms with Gasteiger partial charge in [-0.15, -0.1) is 5.10 Å². The molecule has 2 aromatic carbocycles. The molecule has 0 bridgehead atoms. The molecule has 4 rings (SSSR count). The van der Waals surface area contributed by atoms with Gasteiger partial charge in [0.2, 0.25) is 0 Å². The number of aryl methyl sites for hydroxylation is 1. The van der Waals surface area contributed by atoms with Crippen LogP contribution in [0.5, 0.6) is 0 Å². The van der Waals surface area contributed by atoms with Crippen LogP contribution in [0.4, 0.5) is 4.39 Å². The first-order valence-corrected chi connectivity index (χ1v) is 8.04. The molecule has 27 heavy (non-hydrogen) atoms. The maximum atomic E-state index is 13.8. The van der Waals surface area contributed by atoms with Gasteiger partial charge in [-0.2, -0.15) is 0 Å². The van der Waals surface area contributed by atoms with E-state index >= 15 is 0 Å². The fraction of sp³-hybridized carbons (Fsp3) is 0.111. The normalized spacial score (nSPS) is 11.2. The number of rotatable bonds is 3. The minimum Gasteiger partial charge on any atom is -0.421 e. The van der Waals surface area contributed by atoms with Crippen molar-refractivity contribution in [2.45, 2.75) is 6.54 Å². The van der Waals surface area contributed by atoms with Crippen molar-refractivity contribution < 1.29 is 9.60 Å². The van der Waals surface area contributed by atoms with Crippen LogP contribution in [0.3, 0.4) is 0 Å². The molecule has 9 heteroatoms. The molecule has 0 saturated carbocycles. The second kappa shape index (κ2) is 6.20. The maximum Gasteiger partial charge on any atom is 0.364 e. The highest BCUT2D eigenvalue weighted by Gasteiger charge is 2.13. The van der Waals surface area contributed by atoms with Gasteiger partial charge < -0.3 is 5.21 Å². The lowest BCUT2D eigenvalue weighted by molar-refractivity contribution is 0.158. The van der Waals surface area contributed by atoms with E-state index < -0.39 is 11.2 Å².